The van der Waals surface area contributed by atoms with Crippen molar-refractivity contribution in [1.82, 2.24) is 19.8 Å². The SMILES string of the molecule is C#C[C@H]1O[C@@H]2SC(=NCC)N[C@@H]2[C@@H](O)[C@@H]1O.C#C[C@H]1O[C@@H]2SC(N(CC)C(=O)OC(C)(C)C)=N[C@@H]2[C@@H](OCc2ccc(OC)cc2)[C@@H]1C.C=[N+]=C(POC)C(C)=O.CCN(C(=O)OC(C)(C)C)C1=N[C@@H]2[C@@H](OCc3ccc(OC)cc3)[C@H](C)[C@@H](C=O)O[C@@H]2S1.CO.O. The number of amidine groups is 3. The molecule has 0 saturated carbocycles. The number of Topliss-reactive ketones (excluding diaryl/α,β-unsaturated/α-hetero) is 1. The molecule has 510 valence electrons. The van der Waals surface area contributed by atoms with Crippen molar-refractivity contribution in [3.8, 4) is 36.2 Å². The van der Waals surface area contributed by atoms with E-state index in [1.807, 2.05) is 125 Å². The van der Waals surface area contributed by atoms with E-state index >= 15 is 0 Å². The van der Waals surface area contributed by atoms with Gasteiger partial charge in [0.2, 0.25) is 5.78 Å². The number of nitrogens with zero attached hydrogens (tertiary/aromatic N) is 6. The van der Waals surface area contributed by atoms with Crippen molar-refractivity contribution in [2.75, 3.05) is 48.1 Å². The van der Waals surface area contributed by atoms with E-state index in [1.54, 1.807) is 14.2 Å². The first-order chi connectivity index (χ1) is 43.2. The van der Waals surface area contributed by atoms with Crippen LogP contribution in [-0.2, 0) is 60.5 Å². The second-order valence-electron chi connectivity index (χ2n) is 22.7. The first-order valence-corrected chi connectivity index (χ1v) is 33.0. The molecular formula is C63H93N7O18PS3+. The molecule has 92 heavy (non-hydrogen) atoms. The van der Waals surface area contributed by atoms with Crippen LogP contribution < -0.4 is 19.5 Å². The van der Waals surface area contributed by atoms with Gasteiger partial charge in [-0.25, -0.2) is 9.59 Å². The normalized spacial score (nSPS) is 27.8. The fraction of sp³-hybridized carbons (Fsp3) is 0.603. The molecule has 16 atom stereocenters. The molecule has 0 aromatic heterocycles. The standard InChI is InChI=1S/C24H32N2O5S.C23H32N2O6S.C10H14N2O3S.C5H9NO2P.CH4O.H2O/c1-8-18-15(3)20(29-14-16-10-12-17(28-7)13-11-16)19-21(30-18)32-22(25-19)26(9-2)23(27)31-24(4,5)6;1-7-25(22(27)31-23(3,4)5)21-24-18-19(14(2)17(12-26)30-20(18)32-21)29-13-15-8-10-16(28-6)11-9-15;1-3-5-7(13)8(14)6-9(15-5)16-10(12-6)11-4-2;1-4(7)5(6-2)9-8-3;1-2;/h1,10-13,15,18-21H,9,14H2,2-7H3;8-12,14,17-20H,7,13H2,1-6H3;1,5-9,13-14H,4H2,2H3,(H,11,12);9H,2H2,1,3H3;2H,1H3;1H2/q;;;+1;;/t15-,18-,19-,20+,21-;14-,17-,18-,19+,20-;5-,6-,7-,8-,9-;;;/m111.../s1. The van der Waals surface area contributed by atoms with E-state index in [2.05, 4.69) is 33.5 Å². The molecule has 0 radical (unpaired) electrons. The molecule has 6 heterocycles. The summed E-state index contributed by atoms with van der Waals surface area (Å²) in [7, 11) is 5.81. The van der Waals surface area contributed by atoms with Gasteiger partial charge in [-0.15, -0.1) is 12.8 Å². The molecule has 1 unspecified atom stereocenters. The van der Waals surface area contributed by atoms with E-state index in [0.29, 0.717) is 48.6 Å². The lowest BCUT2D eigenvalue weighted by Gasteiger charge is -2.39. The number of nitrogens with one attached hydrogen (secondary N) is 1. The van der Waals surface area contributed by atoms with Gasteiger partial charge in [-0.1, -0.05) is 89.9 Å². The van der Waals surface area contributed by atoms with Crippen molar-refractivity contribution >= 4 is 96.0 Å². The molecule has 8 rings (SSSR count). The van der Waals surface area contributed by atoms with Crippen LogP contribution in [0.15, 0.2) is 63.5 Å². The summed E-state index contributed by atoms with van der Waals surface area (Å²) in [6.07, 6.45) is 6.56. The molecular weight excluding hydrogens is 1270 g/mol. The lowest BCUT2D eigenvalue weighted by molar-refractivity contribution is -0.150. The zero-order valence-corrected chi connectivity index (χ0v) is 58.7. The summed E-state index contributed by atoms with van der Waals surface area (Å²) in [4.78, 5) is 64.4. The Balaban J connectivity index is 0.000000344. The molecule has 0 bridgehead atoms. The number of aliphatic hydroxyl groups is 3. The Kier molecular flexibility index (Phi) is 33.9. The Labute approximate surface area is 555 Å². The highest BCUT2D eigenvalue weighted by Gasteiger charge is 2.52. The number of amides is 2. The van der Waals surface area contributed by atoms with Crippen LogP contribution in [0.2, 0.25) is 0 Å². The smallest absolute Gasteiger partial charge is 0.416 e. The van der Waals surface area contributed by atoms with E-state index in [1.165, 1.54) is 59.1 Å². The molecule has 0 spiro atoms. The number of carbonyl (C=O) groups is 4. The number of rotatable bonds is 15. The van der Waals surface area contributed by atoms with Crippen molar-refractivity contribution < 1.29 is 87.1 Å². The fourth-order valence-electron chi connectivity index (χ4n) is 9.33. The van der Waals surface area contributed by atoms with Gasteiger partial charge in [-0.05, 0) is 97.7 Å². The summed E-state index contributed by atoms with van der Waals surface area (Å²) in [5.74, 6) is 6.31. The summed E-state index contributed by atoms with van der Waals surface area (Å²) in [5.41, 5.74) is 0.193. The highest BCUT2D eigenvalue weighted by atomic mass is 32.2. The minimum atomic E-state index is -1.06. The fourth-order valence-corrected chi connectivity index (χ4v) is 13.4. The Morgan fingerprint density at radius 1 is 0.739 bits per heavy atom. The quantitative estimate of drug-likeness (QED) is 0.0516. The minimum Gasteiger partial charge on any atom is -0.497 e. The highest BCUT2D eigenvalue weighted by Crippen LogP contribution is 2.43. The van der Waals surface area contributed by atoms with Gasteiger partial charge >= 0.3 is 17.6 Å². The maximum Gasteiger partial charge on any atom is 0.416 e. The summed E-state index contributed by atoms with van der Waals surface area (Å²) >= 11 is 4.12. The number of methoxy groups -OCH3 is 2. The van der Waals surface area contributed by atoms with Gasteiger partial charge in [0.1, 0.15) is 96.7 Å². The van der Waals surface area contributed by atoms with E-state index < -0.39 is 59.3 Å². The van der Waals surface area contributed by atoms with Gasteiger partial charge in [0, 0.05) is 52.6 Å². The van der Waals surface area contributed by atoms with Crippen LogP contribution in [-0.4, -0.2) is 219 Å². The van der Waals surface area contributed by atoms with Crippen LogP contribution in [0.5, 0.6) is 11.5 Å². The lowest BCUT2D eigenvalue weighted by atomic mass is 9.90. The molecule has 29 heteroatoms. The number of terminal acetylenes is 2. The van der Waals surface area contributed by atoms with Gasteiger partial charge < -0.3 is 78.1 Å². The molecule has 4 fully saturated rings. The topological polar surface area (TPSA) is 322 Å². The molecule has 25 nitrogen and oxygen atoms in total. The Bertz CT molecular complexity index is 2930. The monoisotopic (exact) mass is 1360 g/mol. The van der Waals surface area contributed by atoms with Gasteiger partial charge in [0.05, 0.1) is 45.7 Å². The van der Waals surface area contributed by atoms with Crippen LogP contribution in [0.1, 0.15) is 94.2 Å². The average molecular weight is 1360 g/mol. The number of thioether (sulfide) groups is 3. The molecule has 6 N–H and O–H groups in total. The Hall–Kier alpha value is -5.62. The zero-order valence-electron chi connectivity index (χ0n) is 55.2. The van der Waals surface area contributed by atoms with Crippen molar-refractivity contribution in [2.24, 2.45) is 26.8 Å². The Morgan fingerprint density at radius 2 is 1.18 bits per heavy atom. The van der Waals surface area contributed by atoms with Gasteiger partial charge in [0.15, 0.2) is 15.5 Å². The number of ketones is 1. The minimum absolute atomic E-state index is 0. The van der Waals surface area contributed by atoms with E-state index in [9.17, 15) is 29.4 Å². The Morgan fingerprint density at radius 3 is 1.55 bits per heavy atom. The third-order valence-electron chi connectivity index (χ3n) is 13.9. The van der Waals surface area contributed by atoms with E-state index in [-0.39, 0.29) is 73.1 Å². The molecule has 2 aromatic rings. The van der Waals surface area contributed by atoms with Gasteiger partial charge in [-0.3, -0.25) is 29.6 Å². The second-order valence-corrected chi connectivity index (χ2v) is 27.0. The van der Waals surface area contributed by atoms with E-state index in [4.69, 9.17) is 75.1 Å². The second kappa shape index (κ2) is 38.7. The molecule has 0 aliphatic carbocycles. The van der Waals surface area contributed by atoms with Crippen molar-refractivity contribution in [1.29, 1.82) is 0 Å². The predicted octanol–water partition coefficient (Wildman–Crippen LogP) is 6.08. The molecule has 4 saturated heterocycles. The van der Waals surface area contributed by atoms with Crippen molar-refractivity contribution in [2.45, 2.75) is 185 Å². The number of aliphatic hydroxyl groups excluding tert-OH is 3. The summed E-state index contributed by atoms with van der Waals surface area (Å²) < 4.78 is 59.9. The van der Waals surface area contributed by atoms with Crippen LogP contribution >= 0.6 is 44.1 Å². The van der Waals surface area contributed by atoms with Crippen molar-refractivity contribution in [3.63, 3.8) is 0 Å². The number of carbonyl (C=O) groups excluding carboxylic acids is 4. The van der Waals surface area contributed by atoms with Crippen molar-refractivity contribution in [3.05, 3.63) is 59.7 Å². The zero-order chi connectivity index (χ0) is 67.9. The average Bonchev–Trinajstić information content (AvgIpc) is 1.62. The number of hydrogen-bond acceptors (Lipinski definition) is 23. The lowest BCUT2D eigenvalue weighted by Crippen LogP contribution is -2.58. The van der Waals surface area contributed by atoms with Gasteiger partial charge in [-0.2, -0.15) is 0 Å². The number of fused-ring (bicyclic) bond motifs is 3. The predicted molar refractivity (Wildman–Crippen MR) is 363 cm³/mol. The first kappa shape index (κ1) is 80.6. The van der Waals surface area contributed by atoms with Crippen LogP contribution in [0.4, 0.5) is 9.59 Å². The third-order valence-corrected chi connectivity index (χ3v) is 18.2. The number of aliphatic imine (C=N–C) groups is 3. The molecule has 6 aliphatic heterocycles. The molecule has 2 aromatic carbocycles. The highest BCUT2D eigenvalue weighted by molar-refractivity contribution is 8.15. The first-order valence-electron chi connectivity index (χ1n) is 29.5. The van der Waals surface area contributed by atoms with Crippen LogP contribution in [0.25, 0.3) is 0 Å². The number of hydrogen-bond donors (Lipinski definition) is 4. The number of ether oxygens (including phenoxy) is 9. The third kappa shape index (κ3) is 22.8. The number of benzene rings is 2. The van der Waals surface area contributed by atoms with Gasteiger partial charge in [0.25, 0.3) is 6.72 Å². The van der Waals surface area contributed by atoms with E-state index in [0.717, 1.165) is 41.2 Å². The summed E-state index contributed by atoms with van der Waals surface area (Å²) in [6.45, 7) is 27.6. The largest absolute Gasteiger partial charge is 0.497 e. The van der Waals surface area contributed by atoms with Crippen LogP contribution in [0.3, 0.4) is 0 Å². The maximum atomic E-state index is 12.7. The summed E-state index contributed by atoms with van der Waals surface area (Å²) in [6, 6.07) is 14.4. The number of aldehydes is 1. The molecule has 2 amide bonds. The molecule has 6 aliphatic rings. The maximum absolute atomic E-state index is 12.7. The summed E-state index contributed by atoms with van der Waals surface area (Å²) in [5, 5.41) is 31.4. The van der Waals surface area contributed by atoms with Crippen LogP contribution in [0, 0.1) is 36.5 Å².